The molecule has 9 heteroatoms. The fourth-order valence-electron chi connectivity index (χ4n) is 4.45. The third kappa shape index (κ3) is 6.72. The van der Waals surface area contributed by atoms with E-state index in [1.54, 1.807) is 18.5 Å². The van der Waals surface area contributed by atoms with Crippen molar-refractivity contribution in [3.8, 4) is 22.8 Å². The van der Waals surface area contributed by atoms with Gasteiger partial charge in [-0.15, -0.1) is 0 Å². The average Bonchev–Trinajstić information content (AvgIpc) is 2.83. The first kappa shape index (κ1) is 26.3. The van der Waals surface area contributed by atoms with Crippen LogP contribution in [0.4, 0.5) is 14.5 Å². The van der Waals surface area contributed by atoms with E-state index in [2.05, 4.69) is 28.7 Å². The van der Waals surface area contributed by atoms with Crippen molar-refractivity contribution in [2.75, 3.05) is 31.2 Å². The van der Waals surface area contributed by atoms with Crippen molar-refractivity contribution in [2.45, 2.75) is 40.0 Å². The van der Waals surface area contributed by atoms with Crippen LogP contribution in [0, 0.1) is 24.0 Å². The molecule has 1 aliphatic heterocycles. The van der Waals surface area contributed by atoms with Crippen LogP contribution < -0.4 is 14.4 Å². The summed E-state index contributed by atoms with van der Waals surface area (Å²) in [6.45, 7) is 8.24. The Morgan fingerprint density at radius 1 is 1.03 bits per heavy atom. The summed E-state index contributed by atoms with van der Waals surface area (Å²) in [5.74, 6) is -1.87. The Kier molecular flexibility index (Phi) is 7.90. The Morgan fingerprint density at radius 2 is 1.70 bits per heavy atom. The van der Waals surface area contributed by atoms with E-state index in [0.29, 0.717) is 11.6 Å². The van der Waals surface area contributed by atoms with Crippen LogP contribution in [0.15, 0.2) is 42.7 Å². The number of carbonyl (C=O) groups is 1. The van der Waals surface area contributed by atoms with Crippen molar-refractivity contribution in [3.63, 3.8) is 0 Å². The first-order chi connectivity index (χ1) is 17.6. The van der Waals surface area contributed by atoms with E-state index in [0.717, 1.165) is 66.5 Å². The molecule has 0 saturated carbocycles. The van der Waals surface area contributed by atoms with Gasteiger partial charge in [0.1, 0.15) is 30.6 Å². The number of anilines is 1. The highest BCUT2D eigenvalue weighted by molar-refractivity contribution is 5.84. The lowest BCUT2D eigenvalue weighted by Gasteiger charge is -2.40. The van der Waals surface area contributed by atoms with Gasteiger partial charge in [-0.25, -0.2) is 13.8 Å². The number of halogens is 2. The predicted octanol–water partition coefficient (Wildman–Crippen LogP) is 5.44. The van der Waals surface area contributed by atoms with E-state index in [9.17, 15) is 18.7 Å². The van der Waals surface area contributed by atoms with Crippen molar-refractivity contribution in [1.82, 2.24) is 9.97 Å². The molecule has 1 aromatic carbocycles. The molecule has 0 spiro atoms. The maximum absolute atomic E-state index is 13.3. The molecule has 1 aliphatic rings. The van der Waals surface area contributed by atoms with Gasteiger partial charge in [0.2, 0.25) is 5.88 Å². The lowest BCUT2D eigenvalue weighted by molar-refractivity contribution is -0.136. The number of carboxylic acids is 1. The Morgan fingerprint density at radius 3 is 2.32 bits per heavy atom. The van der Waals surface area contributed by atoms with E-state index >= 15 is 0 Å². The minimum atomic E-state index is -0.897. The number of piperidine rings is 1. The molecule has 1 fully saturated rings. The summed E-state index contributed by atoms with van der Waals surface area (Å²) in [6.07, 6.45) is 5.36. The average molecular weight is 512 g/mol. The normalized spacial score (nSPS) is 14.9. The SMILES string of the molecule is Cc1ncc(-c2ccc(OCCOc3cc(F)cc(F)c3)nc2)c(N2CCC(C)(C)CC2)c1CC(=O)O. The van der Waals surface area contributed by atoms with Crippen molar-refractivity contribution in [2.24, 2.45) is 5.41 Å². The van der Waals surface area contributed by atoms with Gasteiger partial charge in [-0.05, 0) is 31.2 Å². The first-order valence-corrected chi connectivity index (χ1v) is 12.2. The van der Waals surface area contributed by atoms with E-state index in [-0.39, 0.29) is 30.8 Å². The molecule has 0 atom stereocenters. The van der Waals surface area contributed by atoms with E-state index in [1.807, 2.05) is 13.0 Å². The molecule has 4 rings (SSSR count). The largest absolute Gasteiger partial charge is 0.490 e. The van der Waals surface area contributed by atoms with Crippen molar-refractivity contribution in [1.29, 1.82) is 0 Å². The molecule has 2 aromatic heterocycles. The third-order valence-corrected chi connectivity index (χ3v) is 6.61. The third-order valence-electron chi connectivity index (χ3n) is 6.61. The van der Waals surface area contributed by atoms with Crippen molar-refractivity contribution >= 4 is 11.7 Å². The number of hydrogen-bond acceptors (Lipinski definition) is 6. The van der Waals surface area contributed by atoms with E-state index in [1.165, 1.54) is 0 Å². The second-order valence-corrected chi connectivity index (χ2v) is 9.99. The van der Waals surface area contributed by atoms with Gasteiger partial charge < -0.3 is 19.5 Å². The van der Waals surface area contributed by atoms with Gasteiger partial charge in [-0.3, -0.25) is 9.78 Å². The van der Waals surface area contributed by atoms with Crippen LogP contribution in [-0.2, 0) is 11.2 Å². The highest BCUT2D eigenvalue weighted by atomic mass is 19.1. The molecule has 0 bridgehead atoms. The second kappa shape index (κ2) is 11.1. The van der Waals surface area contributed by atoms with Crippen LogP contribution in [0.5, 0.6) is 11.6 Å². The first-order valence-electron chi connectivity index (χ1n) is 12.2. The van der Waals surface area contributed by atoms with Crippen molar-refractivity contribution < 1.29 is 28.2 Å². The summed E-state index contributed by atoms with van der Waals surface area (Å²) >= 11 is 0. The standard InChI is InChI=1S/C28H31F2N3O4/c1-18-23(15-26(34)35)27(33-8-6-28(2,3)7-9-33)24(17-31-18)19-4-5-25(32-16-19)37-11-10-36-22-13-20(29)12-21(30)14-22/h4-5,12-14,16-17H,6-11,15H2,1-3H3,(H,34,35). The van der Waals surface area contributed by atoms with Crippen LogP contribution in [-0.4, -0.2) is 47.3 Å². The summed E-state index contributed by atoms with van der Waals surface area (Å²) in [4.78, 5) is 22.8. The van der Waals surface area contributed by atoms with E-state index < -0.39 is 17.6 Å². The van der Waals surface area contributed by atoms with Crippen LogP contribution in [0.2, 0.25) is 0 Å². The summed E-state index contributed by atoms with van der Waals surface area (Å²) < 4.78 is 37.5. The van der Waals surface area contributed by atoms with Gasteiger partial charge >= 0.3 is 5.97 Å². The zero-order valence-corrected chi connectivity index (χ0v) is 21.3. The molecule has 0 radical (unpaired) electrons. The van der Waals surface area contributed by atoms with Gasteiger partial charge in [0, 0.05) is 72.1 Å². The predicted molar refractivity (Wildman–Crippen MR) is 136 cm³/mol. The minimum absolute atomic E-state index is 0.0853. The summed E-state index contributed by atoms with van der Waals surface area (Å²) in [6, 6.07) is 6.56. The molecule has 37 heavy (non-hydrogen) atoms. The summed E-state index contributed by atoms with van der Waals surface area (Å²) in [5, 5.41) is 9.58. The van der Waals surface area contributed by atoms with Crippen molar-refractivity contribution in [3.05, 3.63) is 65.6 Å². The number of benzene rings is 1. The number of aryl methyl sites for hydroxylation is 1. The highest BCUT2D eigenvalue weighted by Gasteiger charge is 2.29. The number of carboxylic acid groups (broad SMARTS) is 1. The number of nitrogens with zero attached hydrogens (tertiary/aromatic N) is 3. The molecule has 1 saturated heterocycles. The minimum Gasteiger partial charge on any atom is -0.490 e. The van der Waals surface area contributed by atoms with Gasteiger partial charge in [0.25, 0.3) is 0 Å². The Balaban J connectivity index is 1.50. The topological polar surface area (TPSA) is 84.8 Å². The molecule has 0 aliphatic carbocycles. The molecule has 196 valence electrons. The quantitative estimate of drug-likeness (QED) is 0.383. The monoisotopic (exact) mass is 511 g/mol. The maximum Gasteiger partial charge on any atom is 0.307 e. The zero-order chi connectivity index (χ0) is 26.6. The molecule has 1 N–H and O–H groups in total. The number of rotatable bonds is 9. The smallest absolute Gasteiger partial charge is 0.307 e. The molecule has 0 amide bonds. The molecule has 3 aromatic rings. The van der Waals surface area contributed by atoms with Crippen LogP contribution in [0.3, 0.4) is 0 Å². The lowest BCUT2D eigenvalue weighted by Crippen LogP contribution is -2.38. The highest BCUT2D eigenvalue weighted by Crippen LogP contribution is 2.39. The van der Waals surface area contributed by atoms with Crippen LogP contribution >= 0.6 is 0 Å². The number of ether oxygens (including phenoxy) is 2. The molecular formula is C28H31F2N3O4. The van der Waals surface area contributed by atoms with Gasteiger partial charge in [-0.2, -0.15) is 0 Å². The zero-order valence-electron chi connectivity index (χ0n) is 21.3. The lowest BCUT2D eigenvalue weighted by atomic mass is 9.82. The fourth-order valence-corrected chi connectivity index (χ4v) is 4.45. The Hall–Kier alpha value is -3.75. The number of hydrogen-bond donors (Lipinski definition) is 1. The molecule has 0 unspecified atom stereocenters. The molecule has 7 nitrogen and oxygen atoms in total. The van der Waals surface area contributed by atoms with E-state index in [4.69, 9.17) is 9.47 Å². The van der Waals surface area contributed by atoms with Crippen LogP contribution in [0.25, 0.3) is 11.1 Å². The van der Waals surface area contributed by atoms with Gasteiger partial charge in [-0.1, -0.05) is 13.8 Å². The number of pyridine rings is 2. The van der Waals surface area contributed by atoms with Gasteiger partial charge in [0.15, 0.2) is 0 Å². The maximum atomic E-state index is 13.3. The van der Waals surface area contributed by atoms with Crippen LogP contribution in [0.1, 0.15) is 37.9 Å². The fraction of sp³-hybridized carbons (Fsp3) is 0.393. The Bertz CT molecular complexity index is 1230. The summed E-state index contributed by atoms with van der Waals surface area (Å²) in [7, 11) is 0. The number of aromatic nitrogens is 2. The summed E-state index contributed by atoms with van der Waals surface area (Å²) in [5.41, 5.74) is 4.21. The molecular weight excluding hydrogens is 480 g/mol. The second-order valence-electron chi connectivity index (χ2n) is 9.99. The Labute approximate surface area is 215 Å². The van der Waals surface area contributed by atoms with Gasteiger partial charge in [0.05, 0.1) is 12.1 Å². The molecule has 3 heterocycles. The number of aliphatic carboxylic acids is 1.